The first-order valence-electron chi connectivity index (χ1n) is 5.69. The highest BCUT2D eigenvalue weighted by atomic mass is 32.2. The molecule has 96 valence electrons. The molecule has 1 fully saturated rings. The van der Waals surface area contributed by atoms with E-state index in [9.17, 15) is 8.42 Å². The van der Waals surface area contributed by atoms with Gasteiger partial charge in [-0.15, -0.1) is 0 Å². The number of rotatable bonds is 5. The van der Waals surface area contributed by atoms with Crippen molar-refractivity contribution in [2.75, 3.05) is 32.6 Å². The summed E-state index contributed by atoms with van der Waals surface area (Å²) in [5.74, 6) is 0.608. The maximum absolute atomic E-state index is 12.0. The van der Waals surface area contributed by atoms with Crippen LogP contribution in [-0.4, -0.2) is 51.3 Å². The van der Waals surface area contributed by atoms with E-state index in [0.717, 1.165) is 12.8 Å². The smallest absolute Gasteiger partial charge is 0.216 e. The van der Waals surface area contributed by atoms with Gasteiger partial charge in [-0.2, -0.15) is 4.31 Å². The third kappa shape index (κ3) is 3.41. The first kappa shape index (κ1) is 13.9. The summed E-state index contributed by atoms with van der Waals surface area (Å²) >= 11 is 0. The van der Waals surface area contributed by atoms with E-state index in [2.05, 4.69) is 6.92 Å². The number of methoxy groups -OCH3 is 1. The topological polar surface area (TPSA) is 72.6 Å². The Labute approximate surface area is 98.0 Å². The largest absolute Gasteiger partial charge is 0.384 e. The summed E-state index contributed by atoms with van der Waals surface area (Å²) in [4.78, 5) is 0. The molecule has 1 heterocycles. The van der Waals surface area contributed by atoms with E-state index in [-0.39, 0.29) is 18.4 Å². The molecule has 5 nitrogen and oxygen atoms in total. The first-order chi connectivity index (χ1) is 7.51. The van der Waals surface area contributed by atoms with Gasteiger partial charge in [-0.1, -0.05) is 6.92 Å². The van der Waals surface area contributed by atoms with Gasteiger partial charge in [-0.25, -0.2) is 8.42 Å². The molecule has 2 N–H and O–H groups in total. The normalized spacial score (nSPS) is 28.2. The van der Waals surface area contributed by atoms with Crippen LogP contribution < -0.4 is 5.73 Å². The summed E-state index contributed by atoms with van der Waals surface area (Å²) in [6.45, 7) is 3.37. The molecular formula is C10H22N2O3S. The third-order valence-corrected chi connectivity index (χ3v) is 4.98. The molecule has 0 aliphatic carbocycles. The molecule has 2 atom stereocenters. The molecule has 2 unspecified atom stereocenters. The summed E-state index contributed by atoms with van der Waals surface area (Å²) in [5.41, 5.74) is 5.64. The van der Waals surface area contributed by atoms with Gasteiger partial charge in [-0.05, 0) is 18.8 Å². The fourth-order valence-electron chi connectivity index (χ4n) is 2.12. The molecule has 0 aromatic carbocycles. The molecule has 16 heavy (non-hydrogen) atoms. The molecule has 1 rings (SSSR count). The molecule has 0 saturated carbocycles. The summed E-state index contributed by atoms with van der Waals surface area (Å²) in [6, 6.07) is -0.0365. The van der Waals surface area contributed by atoms with Crippen molar-refractivity contribution in [3.63, 3.8) is 0 Å². The van der Waals surface area contributed by atoms with Gasteiger partial charge in [0.2, 0.25) is 10.0 Å². The quantitative estimate of drug-likeness (QED) is 0.746. The lowest BCUT2D eigenvalue weighted by atomic mass is 9.94. The predicted octanol–water partition coefficient (Wildman–Crippen LogP) is 0.0218. The van der Waals surface area contributed by atoms with E-state index in [4.69, 9.17) is 10.5 Å². The molecule has 1 aliphatic heterocycles. The highest BCUT2D eigenvalue weighted by Gasteiger charge is 2.33. The Morgan fingerprint density at radius 2 is 2.19 bits per heavy atom. The van der Waals surface area contributed by atoms with Crippen LogP contribution in [0.4, 0.5) is 0 Å². The van der Waals surface area contributed by atoms with Crippen LogP contribution >= 0.6 is 0 Å². The monoisotopic (exact) mass is 250 g/mol. The molecule has 0 spiro atoms. The Bertz CT molecular complexity index is 305. The first-order valence-corrected chi connectivity index (χ1v) is 7.30. The molecule has 6 heteroatoms. The van der Waals surface area contributed by atoms with E-state index < -0.39 is 10.0 Å². The molecule has 1 saturated heterocycles. The minimum absolute atomic E-state index is 0.0365. The van der Waals surface area contributed by atoms with E-state index in [1.165, 1.54) is 7.11 Å². The van der Waals surface area contributed by atoms with Crippen molar-refractivity contribution in [1.82, 2.24) is 4.31 Å². The summed E-state index contributed by atoms with van der Waals surface area (Å²) in [7, 11) is -1.69. The Kier molecular flexibility index (Phi) is 5.17. The lowest BCUT2D eigenvalue weighted by Gasteiger charge is -2.36. The van der Waals surface area contributed by atoms with E-state index in [0.29, 0.717) is 19.0 Å². The van der Waals surface area contributed by atoms with E-state index in [1.54, 1.807) is 4.31 Å². The van der Waals surface area contributed by atoms with Gasteiger partial charge in [0.1, 0.15) is 0 Å². The van der Waals surface area contributed by atoms with Crippen LogP contribution in [-0.2, 0) is 14.8 Å². The molecular weight excluding hydrogens is 228 g/mol. The van der Waals surface area contributed by atoms with Gasteiger partial charge in [0, 0.05) is 26.2 Å². The van der Waals surface area contributed by atoms with Crippen molar-refractivity contribution >= 4 is 10.0 Å². The van der Waals surface area contributed by atoms with E-state index >= 15 is 0 Å². The number of hydrogen-bond donors (Lipinski definition) is 1. The molecule has 0 bridgehead atoms. The maximum atomic E-state index is 12.0. The summed E-state index contributed by atoms with van der Waals surface area (Å²) in [6.07, 6.45) is 1.78. The highest BCUT2D eigenvalue weighted by Crippen LogP contribution is 2.24. The van der Waals surface area contributed by atoms with Crippen LogP contribution in [0.3, 0.4) is 0 Å². The van der Waals surface area contributed by atoms with Crippen molar-refractivity contribution in [3.05, 3.63) is 0 Å². The average Bonchev–Trinajstić information content (AvgIpc) is 2.26. The van der Waals surface area contributed by atoms with Crippen molar-refractivity contribution < 1.29 is 13.2 Å². The Balaban J connectivity index is 2.69. The predicted molar refractivity (Wildman–Crippen MR) is 63.6 cm³/mol. The van der Waals surface area contributed by atoms with Crippen LogP contribution in [0.1, 0.15) is 19.8 Å². The molecule has 1 aliphatic rings. The van der Waals surface area contributed by atoms with Gasteiger partial charge >= 0.3 is 0 Å². The lowest BCUT2D eigenvalue weighted by molar-refractivity contribution is 0.198. The zero-order valence-corrected chi connectivity index (χ0v) is 10.9. The van der Waals surface area contributed by atoms with Crippen LogP contribution in [0.2, 0.25) is 0 Å². The van der Waals surface area contributed by atoms with Gasteiger partial charge < -0.3 is 10.5 Å². The summed E-state index contributed by atoms with van der Waals surface area (Å²) < 4.78 is 30.4. The average molecular weight is 250 g/mol. The Morgan fingerprint density at radius 1 is 1.50 bits per heavy atom. The maximum Gasteiger partial charge on any atom is 0.216 e. The SMILES string of the molecule is COCCS(=O)(=O)N1CCC(C)CC1CN. The fourth-order valence-corrected chi connectivity index (χ4v) is 3.74. The van der Waals surface area contributed by atoms with Crippen LogP contribution in [0, 0.1) is 5.92 Å². The minimum Gasteiger partial charge on any atom is -0.384 e. The second-order valence-electron chi connectivity index (χ2n) is 4.44. The van der Waals surface area contributed by atoms with Crippen LogP contribution in [0.15, 0.2) is 0 Å². The number of piperidine rings is 1. The van der Waals surface area contributed by atoms with Crippen LogP contribution in [0.25, 0.3) is 0 Å². The standard InChI is InChI=1S/C10H22N2O3S/c1-9-3-4-12(10(7-9)8-11)16(13,14)6-5-15-2/h9-10H,3-8,11H2,1-2H3. The zero-order valence-electron chi connectivity index (χ0n) is 10.1. The van der Waals surface area contributed by atoms with Gasteiger partial charge in [0.25, 0.3) is 0 Å². The van der Waals surface area contributed by atoms with Crippen molar-refractivity contribution in [3.8, 4) is 0 Å². The zero-order chi connectivity index (χ0) is 12.2. The van der Waals surface area contributed by atoms with Gasteiger partial charge in [0.05, 0.1) is 12.4 Å². The third-order valence-electron chi connectivity index (χ3n) is 3.10. The van der Waals surface area contributed by atoms with Crippen LogP contribution in [0.5, 0.6) is 0 Å². The molecule has 0 radical (unpaired) electrons. The highest BCUT2D eigenvalue weighted by molar-refractivity contribution is 7.89. The van der Waals surface area contributed by atoms with Crippen molar-refractivity contribution in [2.24, 2.45) is 11.7 Å². The Hall–Kier alpha value is -0.170. The second kappa shape index (κ2) is 5.95. The Morgan fingerprint density at radius 3 is 2.75 bits per heavy atom. The molecule has 0 aromatic rings. The number of hydrogen-bond acceptors (Lipinski definition) is 4. The second-order valence-corrected chi connectivity index (χ2v) is 6.48. The number of ether oxygens (including phenoxy) is 1. The number of nitrogens with two attached hydrogens (primary N) is 1. The molecule has 0 aromatic heterocycles. The number of sulfonamides is 1. The summed E-state index contributed by atoms with van der Waals surface area (Å²) in [5, 5.41) is 0. The fraction of sp³-hybridized carbons (Fsp3) is 1.00. The lowest BCUT2D eigenvalue weighted by Crippen LogP contribution is -2.50. The van der Waals surface area contributed by atoms with Crippen molar-refractivity contribution in [2.45, 2.75) is 25.8 Å². The van der Waals surface area contributed by atoms with Crippen molar-refractivity contribution in [1.29, 1.82) is 0 Å². The van der Waals surface area contributed by atoms with E-state index in [1.807, 2.05) is 0 Å². The van der Waals surface area contributed by atoms with Gasteiger partial charge in [0.15, 0.2) is 0 Å². The molecule has 0 amide bonds. The minimum atomic E-state index is -3.20. The van der Waals surface area contributed by atoms with Gasteiger partial charge in [-0.3, -0.25) is 0 Å². The number of nitrogens with zero attached hydrogens (tertiary/aromatic N) is 1.